The van der Waals surface area contributed by atoms with Gasteiger partial charge in [0, 0.05) is 23.1 Å². The summed E-state index contributed by atoms with van der Waals surface area (Å²) in [6.45, 7) is 9.14. The summed E-state index contributed by atoms with van der Waals surface area (Å²) >= 11 is 1.79. The van der Waals surface area contributed by atoms with E-state index in [0.29, 0.717) is 0 Å². The van der Waals surface area contributed by atoms with Gasteiger partial charge in [-0.3, -0.25) is 0 Å². The maximum atomic E-state index is 4.64. The molecule has 0 fully saturated rings. The highest BCUT2D eigenvalue weighted by molar-refractivity contribution is 7.11. The Morgan fingerprint density at radius 3 is 2.81 bits per heavy atom. The number of aryl methyl sites for hydroxylation is 2. The Labute approximate surface area is 129 Å². The summed E-state index contributed by atoms with van der Waals surface area (Å²) in [5.74, 6) is 0. The van der Waals surface area contributed by atoms with Crippen LogP contribution in [0.4, 0.5) is 0 Å². The molecule has 0 saturated heterocycles. The van der Waals surface area contributed by atoms with Gasteiger partial charge in [0.2, 0.25) is 0 Å². The Hall–Kier alpha value is -1.65. The minimum Gasteiger partial charge on any atom is -0.341 e. The lowest BCUT2D eigenvalue weighted by Gasteiger charge is -2.05. The molecule has 0 atom stereocenters. The molecule has 2 aromatic heterocycles. The fraction of sp³-hybridized carbons (Fsp3) is 0.353. The maximum Gasteiger partial charge on any atom is 0.113 e. The number of aromatic nitrogens is 2. The average molecular weight is 299 g/mol. The number of hydrogen-bond donors (Lipinski definition) is 1. The largest absolute Gasteiger partial charge is 0.341 e. The first-order valence-corrected chi connectivity index (χ1v) is 8.20. The second-order valence-corrected chi connectivity index (χ2v) is 6.65. The average Bonchev–Trinajstić information content (AvgIpc) is 3.01. The third-order valence-electron chi connectivity index (χ3n) is 3.79. The first-order valence-electron chi connectivity index (χ1n) is 7.38. The molecule has 0 saturated carbocycles. The number of benzene rings is 1. The number of rotatable bonds is 5. The van der Waals surface area contributed by atoms with E-state index in [1.165, 1.54) is 26.4 Å². The number of thiazole rings is 1. The number of nitrogens with one attached hydrogen (secondary N) is 1. The lowest BCUT2D eigenvalue weighted by atomic mass is 10.1. The minimum atomic E-state index is 0.857. The van der Waals surface area contributed by atoms with E-state index in [2.05, 4.69) is 66.1 Å². The van der Waals surface area contributed by atoms with E-state index in [4.69, 9.17) is 0 Å². The third kappa shape index (κ3) is 3.01. The Morgan fingerprint density at radius 2 is 2.10 bits per heavy atom. The smallest absolute Gasteiger partial charge is 0.113 e. The lowest BCUT2D eigenvalue weighted by molar-refractivity contribution is 0.727. The Kier molecular flexibility index (Phi) is 4.08. The summed E-state index contributed by atoms with van der Waals surface area (Å²) in [7, 11) is 0. The van der Waals surface area contributed by atoms with Crippen molar-refractivity contribution in [1.82, 2.24) is 14.9 Å². The van der Waals surface area contributed by atoms with Gasteiger partial charge >= 0.3 is 0 Å². The van der Waals surface area contributed by atoms with E-state index < -0.39 is 0 Å². The molecule has 3 rings (SSSR count). The first kappa shape index (κ1) is 14.3. The molecule has 21 heavy (non-hydrogen) atoms. The second kappa shape index (κ2) is 6.00. The molecule has 3 aromatic rings. The third-order valence-corrected chi connectivity index (χ3v) is 4.85. The predicted molar refractivity (Wildman–Crippen MR) is 90.0 cm³/mol. The summed E-state index contributed by atoms with van der Waals surface area (Å²) in [6.07, 6.45) is 2.16. The van der Waals surface area contributed by atoms with Gasteiger partial charge in [-0.1, -0.05) is 13.0 Å². The quantitative estimate of drug-likeness (QED) is 0.775. The van der Waals surface area contributed by atoms with Crippen molar-refractivity contribution in [2.24, 2.45) is 0 Å². The zero-order valence-electron chi connectivity index (χ0n) is 12.8. The zero-order chi connectivity index (χ0) is 14.8. The SMILES string of the molecule is CCNCc1ccc2c(ccn2Cc2nc(C)c(C)s2)c1. The van der Waals surface area contributed by atoms with Gasteiger partial charge in [0.15, 0.2) is 0 Å². The standard InChI is InChI=1S/C17H21N3S/c1-4-18-10-14-5-6-16-15(9-14)7-8-20(16)11-17-19-12(2)13(3)21-17/h5-9,18H,4,10-11H2,1-3H3. The van der Waals surface area contributed by atoms with Crippen molar-refractivity contribution >= 4 is 22.2 Å². The van der Waals surface area contributed by atoms with Crippen LogP contribution in [0.15, 0.2) is 30.5 Å². The van der Waals surface area contributed by atoms with E-state index in [1.807, 2.05) is 0 Å². The molecule has 2 heterocycles. The molecule has 110 valence electrons. The van der Waals surface area contributed by atoms with Crippen LogP contribution in [0.1, 0.15) is 28.1 Å². The van der Waals surface area contributed by atoms with Crippen molar-refractivity contribution < 1.29 is 0 Å². The zero-order valence-corrected chi connectivity index (χ0v) is 13.6. The van der Waals surface area contributed by atoms with Gasteiger partial charge < -0.3 is 9.88 Å². The minimum absolute atomic E-state index is 0.857. The van der Waals surface area contributed by atoms with Gasteiger partial charge in [0.25, 0.3) is 0 Å². The molecule has 0 aliphatic heterocycles. The van der Waals surface area contributed by atoms with Crippen LogP contribution in [0.3, 0.4) is 0 Å². The molecule has 1 aromatic carbocycles. The van der Waals surface area contributed by atoms with Gasteiger partial charge in [0.05, 0.1) is 12.2 Å². The highest BCUT2D eigenvalue weighted by Gasteiger charge is 2.07. The van der Waals surface area contributed by atoms with E-state index in [1.54, 1.807) is 11.3 Å². The highest BCUT2D eigenvalue weighted by Crippen LogP contribution is 2.22. The maximum absolute atomic E-state index is 4.64. The van der Waals surface area contributed by atoms with Gasteiger partial charge in [-0.2, -0.15) is 0 Å². The molecule has 1 N–H and O–H groups in total. The molecule has 0 unspecified atom stereocenters. The van der Waals surface area contributed by atoms with E-state index in [0.717, 1.165) is 25.3 Å². The normalized spacial score (nSPS) is 11.4. The van der Waals surface area contributed by atoms with Crippen LogP contribution < -0.4 is 5.32 Å². The summed E-state index contributed by atoms with van der Waals surface area (Å²) in [4.78, 5) is 5.95. The summed E-state index contributed by atoms with van der Waals surface area (Å²) in [6, 6.07) is 8.89. The van der Waals surface area contributed by atoms with Crippen molar-refractivity contribution in [2.75, 3.05) is 6.54 Å². The van der Waals surface area contributed by atoms with Crippen molar-refractivity contribution in [2.45, 2.75) is 33.9 Å². The molecule has 0 amide bonds. The molecular formula is C17H21N3S. The molecular weight excluding hydrogens is 278 g/mol. The van der Waals surface area contributed by atoms with E-state index in [9.17, 15) is 0 Å². The Bertz CT molecular complexity index is 735. The monoisotopic (exact) mass is 299 g/mol. The van der Waals surface area contributed by atoms with Gasteiger partial charge in [-0.15, -0.1) is 11.3 Å². The van der Waals surface area contributed by atoms with Gasteiger partial charge in [-0.25, -0.2) is 4.98 Å². The predicted octanol–water partition coefficient (Wildman–Crippen LogP) is 3.87. The van der Waals surface area contributed by atoms with Crippen molar-refractivity contribution in [3.63, 3.8) is 0 Å². The van der Waals surface area contributed by atoms with Crippen LogP contribution in [0.25, 0.3) is 10.9 Å². The number of fused-ring (bicyclic) bond motifs is 1. The molecule has 3 nitrogen and oxygen atoms in total. The fourth-order valence-electron chi connectivity index (χ4n) is 2.52. The molecule has 0 radical (unpaired) electrons. The highest BCUT2D eigenvalue weighted by atomic mass is 32.1. The fourth-order valence-corrected chi connectivity index (χ4v) is 3.45. The van der Waals surface area contributed by atoms with Crippen LogP contribution in [0.2, 0.25) is 0 Å². The molecule has 0 spiro atoms. The second-order valence-electron chi connectivity index (χ2n) is 5.37. The molecule has 0 aliphatic rings. The van der Waals surface area contributed by atoms with Gasteiger partial charge in [0.1, 0.15) is 5.01 Å². The van der Waals surface area contributed by atoms with Gasteiger partial charge in [-0.05, 0) is 49.5 Å². The lowest BCUT2D eigenvalue weighted by Crippen LogP contribution is -2.11. The van der Waals surface area contributed by atoms with E-state index >= 15 is 0 Å². The van der Waals surface area contributed by atoms with Crippen LogP contribution in [0, 0.1) is 13.8 Å². The molecule has 0 aliphatic carbocycles. The van der Waals surface area contributed by atoms with E-state index in [-0.39, 0.29) is 0 Å². The molecule has 0 bridgehead atoms. The summed E-state index contributed by atoms with van der Waals surface area (Å²) < 4.78 is 2.28. The molecule has 4 heteroatoms. The topological polar surface area (TPSA) is 29.9 Å². The van der Waals surface area contributed by atoms with Crippen LogP contribution in [-0.2, 0) is 13.1 Å². The van der Waals surface area contributed by atoms with Crippen molar-refractivity contribution in [3.05, 3.63) is 51.6 Å². The number of nitrogens with zero attached hydrogens (tertiary/aromatic N) is 2. The number of hydrogen-bond acceptors (Lipinski definition) is 3. The van der Waals surface area contributed by atoms with Crippen LogP contribution >= 0.6 is 11.3 Å². The Balaban J connectivity index is 1.86. The summed E-state index contributed by atoms with van der Waals surface area (Å²) in [5, 5.41) is 5.85. The van der Waals surface area contributed by atoms with Crippen LogP contribution in [-0.4, -0.2) is 16.1 Å². The van der Waals surface area contributed by atoms with Crippen molar-refractivity contribution in [1.29, 1.82) is 0 Å². The van der Waals surface area contributed by atoms with Crippen molar-refractivity contribution in [3.8, 4) is 0 Å². The van der Waals surface area contributed by atoms with Crippen LogP contribution in [0.5, 0.6) is 0 Å². The summed E-state index contributed by atoms with van der Waals surface area (Å²) in [5.41, 5.74) is 3.77. The Morgan fingerprint density at radius 1 is 1.24 bits per heavy atom. The first-order chi connectivity index (χ1) is 10.2.